The van der Waals surface area contributed by atoms with Crippen LogP contribution in [-0.4, -0.2) is 28.5 Å². The van der Waals surface area contributed by atoms with Gasteiger partial charge < -0.3 is 10.6 Å². The zero-order valence-electron chi connectivity index (χ0n) is 9.05. The maximum Gasteiger partial charge on any atom is 0.452 e. The van der Waals surface area contributed by atoms with Crippen LogP contribution in [0.2, 0.25) is 0 Å². The number of nitrogens with one attached hydrogen (secondary N) is 2. The molecule has 0 aliphatic carbocycles. The van der Waals surface area contributed by atoms with Crippen LogP contribution >= 0.6 is 11.5 Å². The van der Waals surface area contributed by atoms with Gasteiger partial charge in [-0.1, -0.05) is 6.42 Å². The highest BCUT2D eigenvalue weighted by Gasteiger charge is 2.36. The molecular formula is C9H13F3N4S. The van der Waals surface area contributed by atoms with Crippen molar-refractivity contribution >= 4 is 16.7 Å². The number of aromatic nitrogens is 2. The largest absolute Gasteiger partial charge is 0.452 e. The second-order valence-electron chi connectivity index (χ2n) is 3.95. The quantitative estimate of drug-likeness (QED) is 0.879. The summed E-state index contributed by atoms with van der Waals surface area (Å²) in [4.78, 5) is 3.41. The standard InChI is InChI=1S/C9H13F3N4S/c10-9(11,12)7-15-8(17-16-7)14-5-6-3-1-2-4-13-6/h6,13H,1-5H2,(H,14,15,16). The fraction of sp³-hybridized carbons (Fsp3) is 0.778. The molecule has 2 heterocycles. The number of nitrogens with zero attached hydrogens (tertiary/aromatic N) is 2. The van der Waals surface area contributed by atoms with Crippen LogP contribution in [0.1, 0.15) is 25.1 Å². The highest BCUT2D eigenvalue weighted by atomic mass is 32.1. The lowest BCUT2D eigenvalue weighted by Crippen LogP contribution is -2.39. The van der Waals surface area contributed by atoms with Crippen LogP contribution in [-0.2, 0) is 6.18 Å². The molecule has 17 heavy (non-hydrogen) atoms. The molecule has 0 saturated carbocycles. The minimum atomic E-state index is -4.46. The molecule has 1 saturated heterocycles. The first-order valence-electron chi connectivity index (χ1n) is 5.44. The monoisotopic (exact) mass is 266 g/mol. The molecule has 4 nitrogen and oxygen atoms in total. The molecule has 1 atom stereocenters. The molecule has 1 aromatic heterocycles. The summed E-state index contributed by atoms with van der Waals surface area (Å²) in [6.45, 7) is 1.56. The van der Waals surface area contributed by atoms with Crippen molar-refractivity contribution in [1.82, 2.24) is 14.7 Å². The van der Waals surface area contributed by atoms with Crippen LogP contribution in [0.5, 0.6) is 0 Å². The fourth-order valence-corrected chi connectivity index (χ4v) is 2.31. The summed E-state index contributed by atoms with van der Waals surface area (Å²) in [5.41, 5.74) is 0. The number of halogens is 3. The van der Waals surface area contributed by atoms with Crippen molar-refractivity contribution in [1.29, 1.82) is 0 Å². The molecule has 0 bridgehead atoms. The lowest BCUT2D eigenvalue weighted by atomic mass is 10.1. The number of rotatable bonds is 3. The van der Waals surface area contributed by atoms with Gasteiger partial charge in [0.05, 0.1) is 0 Å². The Balaban J connectivity index is 1.84. The van der Waals surface area contributed by atoms with Gasteiger partial charge >= 0.3 is 6.18 Å². The molecule has 1 fully saturated rings. The summed E-state index contributed by atoms with van der Waals surface area (Å²) in [6, 6.07) is 0.307. The summed E-state index contributed by atoms with van der Waals surface area (Å²) in [5.74, 6) is -1.07. The lowest BCUT2D eigenvalue weighted by Gasteiger charge is -2.23. The zero-order valence-corrected chi connectivity index (χ0v) is 9.87. The van der Waals surface area contributed by atoms with Crippen LogP contribution in [0.15, 0.2) is 0 Å². The smallest absolute Gasteiger partial charge is 0.359 e. The normalized spacial score (nSPS) is 21.5. The minimum Gasteiger partial charge on any atom is -0.359 e. The molecule has 1 aliphatic heterocycles. The van der Waals surface area contributed by atoms with Gasteiger partial charge in [0, 0.05) is 24.1 Å². The van der Waals surface area contributed by atoms with E-state index in [4.69, 9.17) is 0 Å². The summed E-state index contributed by atoms with van der Waals surface area (Å²) < 4.78 is 40.0. The Morgan fingerprint density at radius 2 is 2.24 bits per heavy atom. The molecule has 2 N–H and O–H groups in total. The van der Waals surface area contributed by atoms with E-state index in [1.165, 1.54) is 0 Å². The Morgan fingerprint density at radius 1 is 1.41 bits per heavy atom. The average Bonchev–Trinajstić information content (AvgIpc) is 2.76. The highest BCUT2D eigenvalue weighted by molar-refractivity contribution is 7.09. The third-order valence-electron chi connectivity index (χ3n) is 2.59. The molecule has 0 aromatic carbocycles. The highest BCUT2D eigenvalue weighted by Crippen LogP contribution is 2.28. The molecule has 1 aromatic rings. The molecule has 1 unspecified atom stereocenters. The second-order valence-corrected chi connectivity index (χ2v) is 4.70. The van der Waals surface area contributed by atoms with Gasteiger partial charge in [-0.15, -0.1) is 0 Å². The van der Waals surface area contributed by atoms with E-state index in [-0.39, 0.29) is 5.13 Å². The number of hydrogen-bond donors (Lipinski definition) is 2. The Hall–Kier alpha value is -0.890. The van der Waals surface area contributed by atoms with Crippen LogP contribution < -0.4 is 10.6 Å². The molecule has 0 spiro atoms. The van der Waals surface area contributed by atoms with Gasteiger partial charge in [-0.3, -0.25) is 0 Å². The molecule has 96 valence electrons. The summed E-state index contributed by atoms with van der Waals surface area (Å²) >= 11 is 0.745. The summed E-state index contributed by atoms with van der Waals surface area (Å²) in [7, 11) is 0. The SMILES string of the molecule is FC(F)(F)c1nsc(NCC2CCCCN2)n1. The third-order valence-corrected chi connectivity index (χ3v) is 3.26. The zero-order chi connectivity index (χ0) is 12.3. The van der Waals surface area contributed by atoms with Crippen molar-refractivity contribution in [2.24, 2.45) is 0 Å². The van der Waals surface area contributed by atoms with E-state index in [9.17, 15) is 13.2 Å². The second kappa shape index (κ2) is 5.18. The summed E-state index contributed by atoms with van der Waals surface area (Å²) in [6.07, 6.45) is -1.10. The number of alkyl halides is 3. The fourth-order valence-electron chi connectivity index (χ4n) is 1.72. The van der Waals surface area contributed by atoms with Crippen LogP contribution in [0.4, 0.5) is 18.3 Å². The molecule has 1 aliphatic rings. The Kier molecular flexibility index (Phi) is 3.82. The van der Waals surface area contributed by atoms with E-state index in [2.05, 4.69) is 20.0 Å². The molecule has 2 rings (SSSR count). The number of piperidine rings is 1. The van der Waals surface area contributed by atoms with Crippen molar-refractivity contribution in [3.8, 4) is 0 Å². The molecule has 8 heteroatoms. The van der Waals surface area contributed by atoms with E-state index in [1.807, 2.05) is 0 Å². The van der Waals surface area contributed by atoms with Gasteiger partial charge in [0.1, 0.15) is 0 Å². The Labute approximate surface area is 101 Å². The van der Waals surface area contributed by atoms with E-state index in [0.29, 0.717) is 12.6 Å². The van der Waals surface area contributed by atoms with E-state index >= 15 is 0 Å². The van der Waals surface area contributed by atoms with Gasteiger partial charge in [0.15, 0.2) is 0 Å². The van der Waals surface area contributed by atoms with E-state index in [0.717, 1.165) is 37.3 Å². The average molecular weight is 266 g/mol. The Bertz CT molecular complexity index is 359. The topological polar surface area (TPSA) is 49.8 Å². The Morgan fingerprint density at radius 3 is 2.82 bits per heavy atom. The first-order valence-corrected chi connectivity index (χ1v) is 6.21. The first kappa shape index (κ1) is 12.6. The number of hydrogen-bond acceptors (Lipinski definition) is 5. The van der Waals surface area contributed by atoms with Crippen LogP contribution in [0, 0.1) is 0 Å². The first-order chi connectivity index (χ1) is 8.05. The van der Waals surface area contributed by atoms with Crippen molar-refractivity contribution in [3.63, 3.8) is 0 Å². The van der Waals surface area contributed by atoms with Crippen molar-refractivity contribution < 1.29 is 13.2 Å². The maximum atomic E-state index is 12.2. The van der Waals surface area contributed by atoms with Gasteiger partial charge in [-0.05, 0) is 19.4 Å². The molecular weight excluding hydrogens is 253 g/mol. The van der Waals surface area contributed by atoms with Crippen molar-refractivity contribution in [2.75, 3.05) is 18.4 Å². The van der Waals surface area contributed by atoms with Crippen molar-refractivity contribution in [3.05, 3.63) is 5.82 Å². The third kappa shape index (κ3) is 3.53. The predicted molar refractivity (Wildman–Crippen MR) is 59.0 cm³/mol. The lowest BCUT2D eigenvalue weighted by molar-refractivity contribution is -0.144. The summed E-state index contributed by atoms with van der Waals surface area (Å²) in [5, 5.41) is 6.41. The van der Waals surface area contributed by atoms with Gasteiger partial charge in [-0.25, -0.2) is 0 Å². The number of anilines is 1. The van der Waals surface area contributed by atoms with Gasteiger partial charge in [0.25, 0.3) is 0 Å². The molecule has 0 radical (unpaired) electrons. The van der Waals surface area contributed by atoms with E-state index in [1.54, 1.807) is 0 Å². The van der Waals surface area contributed by atoms with Crippen LogP contribution in [0.3, 0.4) is 0 Å². The van der Waals surface area contributed by atoms with Gasteiger partial charge in [-0.2, -0.15) is 22.5 Å². The van der Waals surface area contributed by atoms with Gasteiger partial charge in [0.2, 0.25) is 11.0 Å². The van der Waals surface area contributed by atoms with Crippen molar-refractivity contribution in [2.45, 2.75) is 31.5 Å². The van der Waals surface area contributed by atoms with E-state index < -0.39 is 12.0 Å². The predicted octanol–water partition coefficient (Wildman–Crippen LogP) is 2.11. The maximum absolute atomic E-state index is 12.2. The minimum absolute atomic E-state index is 0.227. The molecule has 0 amide bonds. The van der Waals surface area contributed by atoms with Crippen LogP contribution in [0.25, 0.3) is 0 Å².